The van der Waals surface area contributed by atoms with E-state index >= 15 is 0 Å². The van der Waals surface area contributed by atoms with Crippen LogP contribution in [0.5, 0.6) is 5.75 Å². The average Bonchev–Trinajstić information content (AvgIpc) is 3.44. The van der Waals surface area contributed by atoms with Crippen LogP contribution in [0.3, 0.4) is 0 Å². The third-order valence-electron chi connectivity index (χ3n) is 7.01. The van der Waals surface area contributed by atoms with E-state index in [1.54, 1.807) is 0 Å². The van der Waals surface area contributed by atoms with E-state index in [-0.39, 0.29) is 25.0 Å². The fourth-order valence-electron chi connectivity index (χ4n) is 5.01. The molecule has 3 aromatic rings. The number of carbonyl (C=O) groups excluding carboxylic acids is 1. The third-order valence-corrected chi connectivity index (χ3v) is 7.01. The molecular weight excluding hydrogens is 470 g/mol. The number of carboxylic acid groups (broad SMARTS) is 1. The Morgan fingerprint density at radius 2 is 1.78 bits per heavy atom. The van der Waals surface area contributed by atoms with Gasteiger partial charge in [-0.25, -0.2) is 4.79 Å². The number of benzene rings is 3. The van der Waals surface area contributed by atoms with Crippen LogP contribution in [0.2, 0.25) is 0 Å². The van der Waals surface area contributed by atoms with E-state index in [0.29, 0.717) is 37.6 Å². The van der Waals surface area contributed by atoms with Crippen LogP contribution in [0.1, 0.15) is 40.3 Å². The van der Waals surface area contributed by atoms with E-state index < -0.39 is 18.1 Å². The first-order valence-corrected chi connectivity index (χ1v) is 12.6. The molecule has 37 heavy (non-hydrogen) atoms. The number of rotatable bonds is 8. The summed E-state index contributed by atoms with van der Waals surface area (Å²) in [4.78, 5) is 27.8. The SMILES string of the molecule is Cc1ccc2c(c1OCc1ccccc1)C[C@@H](C(=O)O)N(C(=O)[C@@H](O[C@@H]1CCOC1)c1ccccc1)C2. The lowest BCUT2D eigenvalue weighted by atomic mass is 9.90. The second kappa shape index (κ2) is 11.2. The molecule has 0 aromatic heterocycles. The van der Waals surface area contributed by atoms with Crippen LogP contribution in [0, 0.1) is 6.92 Å². The molecule has 7 nitrogen and oxygen atoms in total. The highest BCUT2D eigenvalue weighted by Crippen LogP contribution is 2.36. The van der Waals surface area contributed by atoms with Gasteiger partial charge >= 0.3 is 5.97 Å². The molecule has 3 atom stereocenters. The normalized spacial score (nSPS) is 19.8. The van der Waals surface area contributed by atoms with Gasteiger partial charge in [0.25, 0.3) is 5.91 Å². The van der Waals surface area contributed by atoms with Gasteiger partial charge in [0.05, 0.1) is 12.7 Å². The standard InChI is InChI=1S/C30H31NO6/c1-20-12-13-23-17-31(29(32)28(22-10-6-3-7-11-22)37-24-14-15-35-19-24)26(30(33)34)16-25(23)27(20)36-18-21-8-4-2-5-9-21/h2-13,24,26,28H,14-19H2,1H3,(H,33,34)/t24-,26+,28+/m1/s1. The maximum absolute atomic E-state index is 13.9. The molecule has 5 rings (SSSR count). The fraction of sp³-hybridized carbons (Fsp3) is 0.333. The van der Waals surface area contributed by atoms with Crippen LogP contribution in [0.4, 0.5) is 0 Å². The summed E-state index contributed by atoms with van der Waals surface area (Å²) in [6.07, 6.45) is -0.259. The first kappa shape index (κ1) is 25.0. The summed E-state index contributed by atoms with van der Waals surface area (Å²) in [6.45, 7) is 3.51. The van der Waals surface area contributed by atoms with E-state index in [2.05, 4.69) is 0 Å². The van der Waals surface area contributed by atoms with Gasteiger partial charge in [0, 0.05) is 25.1 Å². The molecule has 1 fully saturated rings. The molecule has 2 aliphatic heterocycles. The number of aliphatic carboxylic acids is 1. The Bertz CT molecular complexity index is 1240. The van der Waals surface area contributed by atoms with Gasteiger partial charge in [0.1, 0.15) is 18.4 Å². The number of hydrogen-bond donors (Lipinski definition) is 1. The number of carbonyl (C=O) groups is 2. The predicted molar refractivity (Wildman–Crippen MR) is 137 cm³/mol. The topological polar surface area (TPSA) is 85.3 Å². The zero-order valence-electron chi connectivity index (χ0n) is 20.8. The van der Waals surface area contributed by atoms with Crippen molar-refractivity contribution in [2.24, 2.45) is 0 Å². The van der Waals surface area contributed by atoms with Crippen LogP contribution in [-0.2, 0) is 38.6 Å². The summed E-state index contributed by atoms with van der Waals surface area (Å²) in [5, 5.41) is 10.2. The number of fused-ring (bicyclic) bond motifs is 1. The number of ether oxygens (including phenoxy) is 3. The van der Waals surface area contributed by atoms with Crippen molar-refractivity contribution < 1.29 is 28.9 Å². The molecule has 3 aromatic carbocycles. The zero-order chi connectivity index (χ0) is 25.8. The number of nitrogens with zero attached hydrogens (tertiary/aromatic N) is 1. The first-order valence-electron chi connectivity index (χ1n) is 12.6. The van der Waals surface area contributed by atoms with Crippen LogP contribution in [-0.4, -0.2) is 47.2 Å². The Kier molecular flexibility index (Phi) is 7.53. The molecule has 0 radical (unpaired) electrons. The summed E-state index contributed by atoms with van der Waals surface area (Å²) >= 11 is 0. The zero-order valence-corrected chi connectivity index (χ0v) is 20.8. The molecule has 2 heterocycles. The molecule has 0 saturated carbocycles. The molecule has 0 bridgehead atoms. The minimum absolute atomic E-state index is 0.163. The van der Waals surface area contributed by atoms with Crippen molar-refractivity contribution in [1.29, 1.82) is 0 Å². The molecule has 7 heteroatoms. The predicted octanol–water partition coefficient (Wildman–Crippen LogP) is 4.46. The molecule has 0 unspecified atom stereocenters. The Hall–Kier alpha value is -3.68. The fourth-order valence-corrected chi connectivity index (χ4v) is 5.01. The number of amides is 1. The van der Waals surface area contributed by atoms with Gasteiger partial charge in [0.2, 0.25) is 0 Å². The van der Waals surface area contributed by atoms with E-state index in [0.717, 1.165) is 22.3 Å². The van der Waals surface area contributed by atoms with Gasteiger partial charge in [-0.15, -0.1) is 0 Å². The Morgan fingerprint density at radius 1 is 1.05 bits per heavy atom. The molecular formula is C30H31NO6. The van der Waals surface area contributed by atoms with Crippen molar-refractivity contribution >= 4 is 11.9 Å². The summed E-state index contributed by atoms with van der Waals surface area (Å²) in [7, 11) is 0. The molecule has 192 valence electrons. The highest BCUT2D eigenvalue weighted by molar-refractivity contribution is 5.88. The van der Waals surface area contributed by atoms with Gasteiger partial charge in [-0.1, -0.05) is 72.8 Å². The Morgan fingerprint density at radius 3 is 2.46 bits per heavy atom. The van der Waals surface area contributed by atoms with Gasteiger partial charge in [-0.3, -0.25) is 4.79 Å². The van der Waals surface area contributed by atoms with Crippen molar-refractivity contribution in [2.75, 3.05) is 13.2 Å². The Labute approximate surface area is 216 Å². The van der Waals surface area contributed by atoms with Crippen LogP contribution in [0.25, 0.3) is 0 Å². The average molecular weight is 502 g/mol. The lowest BCUT2D eigenvalue weighted by molar-refractivity contribution is -0.160. The maximum atomic E-state index is 13.9. The summed E-state index contributed by atoms with van der Waals surface area (Å²) in [5.74, 6) is -0.715. The second-order valence-corrected chi connectivity index (χ2v) is 9.56. The summed E-state index contributed by atoms with van der Waals surface area (Å²) < 4.78 is 17.9. The van der Waals surface area contributed by atoms with Crippen LogP contribution < -0.4 is 4.74 Å². The highest BCUT2D eigenvalue weighted by Gasteiger charge is 2.40. The minimum Gasteiger partial charge on any atom is -0.488 e. The van der Waals surface area contributed by atoms with E-state index in [1.807, 2.05) is 79.7 Å². The largest absolute Gasteiger partial charge is 0.488 e. The third kappa shape index (κ3) is 5.53. The van der Waals surface area contributed by atoms with Crippen LogP contribution >= 0.6 is 0 Å². The van der Waals surface area contributed by atoms with Crippen molar-refractivity contribution in [3.63, 3.8) is 0 Å². The van der Waals surface area contributed by atoms with Crippen molar-refractivity contribution in [3.05, 3.63) is 101 Å². The highest BCUT2D eigenvalue weighted by atomic mass is 16.6. The second-order valence-electron chi connectivity index (χ2n) is 9.56. The quantitative estimate of drug-likeness (QED) is 0.491. The minimum atomic E-state index is -1.05. The van der Waals surface area contributed by atoms with Gasteiger partial charge in [-0.05, 0) is 35.6 Å². The van der Waals surface area contributed by atoms with Crippen LogP contribution in [0.15, 0.2) is 72.8 Å². The van der Waals surface area contributed by atoms with E-state index in [1.165, 1.54) is 4.90 Å². The van der Waals surface area contributed by atoms with Gasteiger partial charge in [0.15, 0.2) is 6.10 Å². The van der Waals surface area contributed by atoms with Crippen molar-refractivity contribution in [3.8, 4) is 5.75 Å². The first-order chi connectivity index (χ1) is 18.0. The number of carboxylic acids is 1. The lowest BCUT2D eigenvalue weighted by Gasteiger charge is -2.37. The molecule has 1 saturated heterocycles. The van der Waals surface area contributed by atoms with E-state index in [9.17, 15) is 14.7 Å². The van der Waals surface area contributed by atoms with Crippen molar-refractivity contribution in [1.82, 2.24) is 4.90 Å². The molecule has 1 N–H and O–H groups in total. The Balaban J connectivity index is 1.44. The lowest BCUT2D eigenvalue weighted by Crippen LogP contribution is -2.51. The smallest absolute Gasteiger partial charge is 0.326 e. The molecule has 1 amide bonds. The number of hydrogen-bond acceptors (Lipinski definition) is 5. The molecule has 2 aliphatic rings. The maximum Gasteiger partial charge on any atom is 0.326 e. The molecule has 0 spiro atoms. The van der Waals surface area contributed by atoms with Gasteiger partial charge in [-0.2, -0.15) is 0 Å². The number of aryl methyl sites for hydroxylation is 1. The molecule has 0 aliphatic carbocycles. The monoisotopic (exact) mass is 501 g/mol. The van der Waals surface area contributed by atoms with E-state index in [4.69, 9.17) is 14.2 Å². The summed E-state index contributed by atoms with van der Waals surface area (Å²) in [5.41, 5.74) is 4.39. The van der Waals surface area contributed by atoms with Gasteiger partial charge < -0.3 is 24.2 Å². The summed E-state index contributed by atoms with van der Waals surface area (Å²) in [6, 6.07) is 22.0. The van der Waals surface area contributed by atoms with Crippen molar-refractivity contribution in [2.45, 2.75) is 51.2 Å².